The van der Waals surface area contributed by atoms with Crippen LogP contribution in [-0.2, 0) is 9.31 Å². The summed E-state index contributed by atoms with van der Waals surface area (Å²) in [5.74, 6) is 0.659. The highest BCUT2D eigenvalue weighted by atomic mass is 35.5. The molecule has 0 aliphatic carbocycles. The monoisotopic (exact) mass is 295 g/mol. The molecule has 1 aromatic rings. The second-order valence-corrected chi connectivity index (χ2v) is 5.97. The summed E-state index contributed by atoms with van der Waals surface area (Å²) < 4.78 is 17.5. The molecule has 1 fully saturated rings. The van der Waals surface area contributed by atoms with Crippen molar-refractivity contribution in [2.24, 2.45) is 0 Å². The number of hydrogen-bond acceptors (Lipinski definition) is 4. The summed E-state index contributed by atoms with van der Waals surface area (Å²) in [6.07, 6.45) is 5.09. The lowest BCUT2D eigenvalue weighted by atomic mass is 9.80. The first kappa shape index (κ1) is 15.4. The average Bonchev–Trinajstić information content (AvgIpc) is 2.59. The van der Waals surface area contributed by atoms with E-state index in [1.807, 2.05) is 33.8 Å². The van der Waals surface area contributed by atoms with E-state index in [0.29, 0.717) is 12.4 Å². The highest BCUT2D eigenvalue weighted by Crippen LogP contribution is 2.36. The van der Waals surface area contributed by atoms with Crippen molar-refractivity contribution in [1.82, 2.24) is 4.98 Å². The molecule has 0 radical (unpaired) electrons. The topological polar surface area (TPSA) is 40.6 Å². The summed E-state index contributed by atoms with van der Waals surface area (Å²) in [7, 11) is -0.431. The molecule has 6 heteroatoms. The van der Waals surface area contributed by atoms with E-state index in [-0.39, 0.29) is 11.2 Å². The van der Waals surface area contributed by atoms with Gasteiger partial charge < -0.3 is 14.0 Å². The Morgan fingerprint density at radius 2 is 1.90 bits per heavy atom. The second kappa shape index (κ2) is 5.76. The number of nitrogens with zero attached hydrogens (tertiary/aromatic N) is 1. The molecule has 1 aliphatic rings. The third-order valence-electron chi connectivity index (χ3n) is 3.70. The number of pyridine rings is 1. The highest BCUT2D eigenvalue weighted by Gasteiger charge is 2.51. The molecule has 1 aromatic heterocycles. The van der Waals surface area contributed by atoms with Crippen molar-refractivity contribution < 1.29 is 14.0 Å². The Morgan fingerprint density at radius 1 is 1.25 bits per heavy atom. The molecule has 4 nitrogen and oxygen atoms in total. The Balaban J connectivity index is 2.12. The third kappa shape index (κ3) is 3.16. The average molecular weight is 296 g/mol. The molecule has 1 aliphatic heterocycles. The predicted octanol–water partition coefficient (Wildman–Crippen LogP) is 2.51. The zero-order valence-electron chi connectivity index (χ0n) is 12.2. The molecule has 1 saturated heterocycles. The number of halogens is 1. The zero-order chi connectivity index (χ0) is 14.8. The van der Waals surface area contributed by atoms with E-state index in [2.05, 4.69) is 4.98 Å². The van der Waals surface area contributed by atoms with Gasteiger partial charge >= 0.3 is 7.12 Å². The van der Waals surface area contributed by atoms with Gasteiger partial charge in [-0.3, -0.25) is 4.98 Å². The molecule has 0 N–H and O–H groups in total. The van der Waals surface area contributed by atoms with E-state index in [1.165, 1.54) is 5.54 Å². The van der Waals surface area contributed by atoms with Gasteiger partial charge in [-0.25, -0.2) is 0 Å². The van der Waals surface area contributed by atoms with Crippen LogP contribution in [0.3, 0.4) is 0 Å². The fourth-order valence-corrected chi connectivity index (χ4v) is 1.88. The van der Waals surface area contributed by atoms with Crippen molar-refractivity contribution >= 4 is 24.2 Å². The van der Waals surface area contributed by atoms with Gasteiger partial charge in [-0.1, -0.05) is 11.6 Å². The van der Waals surface area contributed by atoms with Gasteiger partial charge in [0.15, 0.2) is 0 Å². The maximum absolute atomic E-state index is 5.98. The van der Waals surface area contributed by atoms with Crippen molar-refractivity contribution in [2.45, 2.75) is 38.9 Å². The normalized spacial score (nSPS) is 20.6. The van der Waals surface area contributed by atoms with Crippen LogP contribution in [0, 0.1) is 0 Å². The van der Waals surface area contributed by atoms with Gasteiger partial charge in [0.1, 0.15) is 12.4 Å². The standard InChI is InChI=1S/C14H19BClNO3/c1-13(2)14(3,4)20-15(19-13)11-8-12(10-17-9-11)18-7-5-6-16/h5-6,8-10H,7H2,1-4H3/b6-5+. The molecular weight excluding hydrogens is 276 g/mol. The summed E-state index contributed by atoms with van der Waals surface area (Å²) >= 11 is 5.45. The maximum Gasteiger partial charge on any atom is 0.496 e. The van der Waals surface area contributed by atoms with Crippen molar-refractivity contribution in [2.75, 3.05) is 6.61 Å². The van der Waals surface area contributed by atoms with E-state index in [4.69, 9.17) is 25.6 Å². The highest BCUT2D eigenvalue weighted by molar-refractivity contribution is 6.62. The summed E-state index contributed by atoms with van der Waals surface area (Å²) in [5, 5.41) is 0. The minimum absolute atomic E-state index is 0.365. The van der Waals surface area contributed by atoms with E-state index < -0.39 is 7.12 Å². The number of ether oxygens (including phenoxy) is 1. The Bertz CT molecular complexity index is 489. The first-order valence-corrected chi connectivity index (χ1v) is 6.98. The van der Waals surface area contributed by atoms with Gasteiger partial charge in [0, 0.05) is 17.2 Å². The first-order valence-electron chi connectivity index (χ1n) is 6.54. The molecule has 0 unspecified atom stereocenters. The van der Waals surface area contributed by atoms with Crippen LogP contribution in [-0.4, -0.2) is 29.9 Å². The minimum Gasteiger partial charge on any atom is -0.488 e. The molecule has 0 bridgehead atoms. The Kier molecular flexibility index (Phi) is 4.42. The van der Waals surface area contributed by atoms with Crippen LogP contribution in [0.4, 0.5) is 0 Å². The third-order valence-corrected chi connectivity index (χ3v) is 3.87. The van der Waals surface area contributed by atoms with Crippen LogP contribution in [0.2, 0.25) is 0 Å². The zero-order valence-corrected chi connectivity index (χ0v) is 13.0. The van der Waals surface area contributed by atoms with Gasteiger partial charge in [-0.05, 0) is 39.8 Å². The minimum atomic E-state index is -0.431. The molecule has 108 valence electrons. The largest absolute Gasteiger partial charge is 0.496 e. The van der Waals surface area contributed by atoms with Gasteiger partial charge in [-0.15, -0.1) is 0 Å². The number of rotatable bonds is 4. The van der Waals surface area contributed by atoms with Crippen molar-refractivity contribution in [3.8, 4) is 5.75 Å². The van der Waals surface area contributed by atoms with Gasteiger partial charge in [-0.2, -0.15) is 0 Å². The summed E-state index contributed by atoms with van der Waals surface area (Å²) in [6.45, 7) is 8.48. The van der Waals surface area contributed by atoms with Crippen LogP contribution in [0.15, 0.2) is 30.1 Å². The SMILES string of the molecule is CC1(C)OB(c2cncc(OC/C=C/Cl)c2)OC1(C)C. The lowest BCUT2D eigenvalue weighted by Crippen LogP contribution is -2.41. The molecule has 0 spiro atoms. The van der Waals surface area contributed by atoms with Gasteiger partial charge in [0.25, 0.3) is 0 Å². The maximum atomic E-state index is 5.98. The predicted molar refractivity (Wildman–Crippen MR) is 80.4 cm³/mol. The van der Waals surface area contributed by atoms with E-state index in [1.54, 1.807) is 18.5 Å². The summed E-state index contributed by atoms with van der Waals surface area (Å²) in [4.78, 5) is 4.16. The number of hydrogen-bond donors (Lipinski definition) is 0. The molecule has 0 saturated carbocycles. The lowest BCUT2D eigenvalue weighted by molar-refractivity contribution is 0.00578. The first-order chi connectivity index (χ1) is 9.36. The van der Waals surface area contributed by atoms with E-state index in [9.17, 15) is 0 Å². The van der Waals surface area contributed by atoms with Crippen LogP contribution >= 0.6 is 11.6 Å². The van der Waals surface area contributed by atoms with Crippen molar-refractivity contribution in [1.29, 1.82) is 0 Å². The quantitative estimate of drug-likeness (QED) is 0.800. The molecule has 2 rings (SSSR count). The smallest absolute Gasteiger partial charge is 0.488 e. The van der Waals surface area contributed by atoms with Crippen LogP contribution in [0.5, 0.6) is 5.75 Å². The van der Waals surface area contributed by atoms with Crippen LogP contribution in [0.25, 0.3) is 0 Å². The fraction of sp³-hybridized carbons (Fsp3) is 0.500. The molecule has 0 atom stereocenters. The van der Waals surface area contributed by atoms with Crippen LogP contribution in [0.1, 0.15) is 27.7 Å². The Hall–Kier alpha value is -1.04. The van der Waals surface area contributed by atoms with E-state index in [0.717, 1.165) is 5.46 Å². The number of aromatic nitrogens is 1. The summed E-state index contributed by atoms with van der Waals surface area (Å²) in [6, 6.07) is 1.87. The van der Waals surface area contributed by atoms with Crippen molar-refractivity contribution in [3.05, 3.63) is 30.1 Å². The van der Waals surface area contributed by atoms with E-state index >= 15 is 0 Å². The van der Waals surface area contributed by atoms with Crippen LogP contribution < -0.4 is 10.2 Å². The van der Waals surface area contributed by atoms with Gasteiger partial charge in [0.2, 0.25) is 0 Å². The second-order valence-electron chi connectivity index (χ2n) is 5.71. The summed E-state index contributed by atoms with van der Waals surface area (Å²) in [5.41, 5.74) is 1.54. The molecule has 0 aromatic carbocycles. The fourth-order valence-electron chi connectivity index (χ4n) is 1.80. The van der Waals surface area contributed by atoms with Crippen molar-refractivity contribution in [3.63, 3.8) is 0 Å². The molecule has 2 heterocycles. The van der Waals surface area contributed by atoms with Gasteiger partial charge in [0.05, 0.1) is 17.4 Å². The molecule has 20 heavy (non-hydrogen) atoms. The molecule has 0 amide bonds. The Labute approximate surface area is 125 Å². The Morgan fingerprint density at radius 3 is 2.50 bits per heavy atom. The lowest BCUT2D eigenvalue weighted by Gasteiger charge is -2.32. The molecular formula is C14H19BClNO3.